The zero-order valence-corrected chi connectivity index (χ0v) is 17.1. The summed E-state index contributed by atoms with van der Waals surface area (Å²) in [4.78, 5) is 26.9. The maximum Gasteiger partial charge on any atom is 0.234 e. The highest BCUT2D eigenvalue weighted by Gasteiger charge is 2.26. The first kappa shape index (κ1) is 21.1. The van der Waals surface area contributed by atoms with E-state index in [9.17, 15) is 9.59 Å². The van der Waals surface area contributed by atoms with Gasteiger partial charge in [-0.1, -0.05) is 48.5 Å². The summed E-state index contributed by atoms with van der Waals surface area (Å²) in [7, 11) is 0. The summed E-state index contributed by atoms with van der Waals surface area (Å²) >= 11 is 0. The fourth-order valence-electron chi connectivity index (χ4n) is 3.74. The average Bonchev–Trinajstić information content (AvgIpc) is 2.74. The van der Waals surface area contributed by atoms with E-state index in [2.05, 4.69) is 34.6 Å². The topological polar surface area (TPSA) is 61.4 Å². The minimum absolute atomic E-state index is 0.0133. The molecule has 2 aromatic carbocycles. The van der Waals surface area contributed by atoms with E-state index in [1.807, 2.05) is 48.5 Å². The molecule has 1 saturated heterocycles. The van der Waals surface area contributed by atoms with Crippen molar-refractivity contribution in [2.45, 2.75) is 38.6 Å². The van der Waals surface area contributed by atoms with Crippen molar-refractivity contribution in [3.05, 3.63) is 66.2 Å². The van der Waals surface area contributed by atoms with Crippen LogP contribution < -0.4 is 10.6 Å². The summed E-state index contributed by atoms with van der Waals surface area (Å²) in [5, 5.41) is 6.09. The Bertz CT molecular complexity index is 771. The molecule has 0 radical (unpaired) electrons. The minimum atomic E-state index is 0.0133. The number of aryl methyl sites for hydroxylation is 1. The number of carbonyl (C=O) groups excluding carboxylic acids is 2. The number of nitrogens with one attached hydrogen (secondary N) is 2. The monoisotopic (exact) mass is 393 g/mol. The van der Waals surface area contributed by atoms with Crippen LogP contribution in [0.4, 0.5) is 5.69 Å². The number of hydrogen-bond acceptors (Lipinski definition) is 3. The van der Waals surface area contributed by atoms with Crippen molar-refractivity contribution in [3.8, 4) is 0 Å². The predicted octanol–water partition coefficient (Wildman–Crippen LogP) is 3.47. The highest BCUT2D eigenvalue weighted by Crippen LogP contribution is 2.19. The van der Waals surface area contributed by atoms with Gasteiger partial charge < -0.3 is 10.6 Å². The predicted molar refractivity (Wildman–Crippen MR) is 117 cm³/mol. The molecule has 5 nitrogen and oxygen atoms in total. The van der Waals surface area contributed by atoms with E-state index in [-0.39, 0.29) is 23.8 Å². The molecule has 0 spiro atoms. The maximum absolute atomic E-state index is 12.4. The Morgan fingerprint density at radius 3 is 2.28 bits per heavy atom. The number of piperidine rings is 1. The molecule has 3 rings (SSSR count). The first-order valence-corrected chi connectivity index (χ1v) is 10.5. The summed E-state index contributed by atoms with van der Waals surface area (Å²) in [5.74, 6) is 0.159. The summed E-state index contributed by atoms with van der Waals surface area (Å²) in [6, 6.07) is 20.0. The zero-order valence-electron chi connectivity index (χ0n) is 17.1. The van der Waals surface area contributed by atoms with Gasteiger partial charge in [0.05, 0.1) is 6.54 Å². The summed E-state index contributed by atoms with van der Waals surface area (Å²) in [5.41, 5.74) is 2.13. The number of nitrogens with zero attached hydrogens (tertiary/aromatic N) is 1. The van der Waals surface area contributed by atoms with E-state index in [0.29, 0.717) is 6.54 Å². The molecule has 2 aromatic rings. The number of para-hydroxylation sites is 1. The summed E-state index contributed by atoms with van der Waals surface area (Å²) in [6.07, 6.45) is 3.46. The third-order valence-corrected chi connectivity index (χ3v) is 5.48. The van der Waals surface area contributed by atoms with Crippen molar-refractivity contribution in [2.24, 2.45) is 5.92 Å². The number of hydrogen-bond donors (Lipinski definition) is 2. The number of amides is 2. The lowest BCUT2D eigenvalue weighted by Crippen LogP contribution is -2.45. The normalized spacial score (nSPS) is 16.2. The molecule has 1 heterocycles. The molecule has 154 valence electrons. The van der Waals surface area contributed by atoms with Crippen LogP contribution in [-0.2, 0) is 16.0 Å². The molecule has 5 heteroatoms. The van der Waals surface area contributed by atoms with Gasteiger partial charge >= 0.3 is 0 Å². The Kier molecular flexibility index (Phi) is 7.82. The second-order valence-corrected chi connectivity index (χ2v) is 7.90. The van der Waals surface area contributed by atoms with Crippen molar-refractivity contribution in [3.63, 3.8) is 0 Å². The van der Waals surface area contributed by atoms with Gasteiger partial charge in [-0.25, -0.2) is 0 Å². The van der Waals surface area contributed by atoms with Gasteiger partial charge in [0.15, 0.2) is 0 Å². The first-order chi connectivity index (χ1) is 14.1. The third-order valence-electron chi connectivity index (χ3n) is 5.48. The van der Waals surface area contributed by atoms with Gasteiger partial charge in [-0.3, -0.25) is 14.5 Å². The van der Waals surface area contributed by atoms with Crippen LogP contribution in [0.25, 0.3) is 0 Å². The molecule has 1 atom stereocenters. The standard InChI is InChI=1S/C24H31N3O2/c1-19(12-13-20-8-4-2-5-9-20)25-23(28)18-27-16-14-21(15-17-27)24(29)26-22-10-6-3-7-11-22/h2-11,19,21H,12-18H2,1H3,(H,25,28)(H,26,29). The van der Waals surface area contributed by atoms with Crippen LogP contribution in [0.2, 0.25) is 0 Å². The molecule has 29 heavy (non-hydrogen) atoms. The van der Waals surface area contributed by atoms with Crippen molar-refractivity contribution in [1.29, 1.82) is 0 Å². The van der Waals surface area contributed by atoms with E-state index in [4.69, 9.17) is 0 Å². The lowest BCUT2D eigenvalue weighted by atomic mass is 9.95. The van der Waals surface area contributed by atoms with E-state index >= 15 is 0 Å². The van der Waals surface area contributed by atoms with Gasteiger partial charge in [0, 0.05) is 17.6 Å². The lowest BCUT2D eigenvalue weighted by molar-refractivity contribution is -0.123. The highest BCUT2D eigenvalue weighted by molar-refractivity contribution is 5.92. The maximum atomic E-state index is 12.4. The molecule has 0 saturated carbocycles. The van der Waals surface area contributed by atoms with Gasteiger partial charge in [0.1, 0.15) is 0 Å². The number of likely N-dealkylation sites (tertiary alicyclic amines) is 1. The molecular formula is C24H31N3O2. The molecule has 2 amide bonds. The SMILES string of the molecule is CC(CCc1ccccc1)NC(=O)CN1CCC(C(=O)Nc2ccccc2)CC1. The number of rotatable bonds is 8. The Morgan fingerprint density at radius 2 is 1.62 bits per heavy atom. The van der Waals surface area contributed by atoms with E-state index in [1.165, 1.54) is 5.56 Å². The van der Waals surface area contributed by atoms with Crippen molar-refractivity contribution >= 4 is 17.5 Å². The molecule has 0 bridgehead atoms. The highest BCUT2D eigenvalue weighted by atomic mass is 16.2. The van der Waals surface area contributed by atoms with Gasteiger partial charge in [-0.15, -0.1) is 0 Å². The molecular weight excluding hydrogens is 362 g/mol. The number of anilines is 1. The van der Waals surface area contributed by atoms with Crippen LogP contribution in [0.15, 0.2) is 60.7 Å². The summed E-state index contributed by atoms with van der Waals surface area (Å²) in [6.45, 7) is 4.01. The van der Waals surface area contributed by atoms with Crippen LogP contribution in [-0.4, -0.2) is 42.4 Å². The largest absolute Gasteiger partial charge is 0.353 e. The Hall–Kier alpha value is -2.66. The van der Waals surface area contributed by atoms with Crippen molar-refractivity contribution in [2.75, 3.05) is 25.0 Å². The Morgan fingerprint density at radius 1 is 1.00 bits per heavy atom. The molecule has 1 aliphatic heterocycles. The molecule has 0 aromatic heterocycles. The second-order valence-electron chi connectivity index (χ2n) is 7.90. The molecule has 1 fully saturated rings. The van der Waals surface area contributed by atoms with Crippen LogP contribution in [0.3, 0.4) is 0 Å². The summed E-state index contributed by atoms with van der Waals surface area (Å²) < 4.78 is 0. The molecule has 1 unspecified atom stereocenters. The molecule has 1 aliphatic rings. The zero-order chi connectivity index (χ0) is 20.5. The molecule has 2 N–H and O–H groups in total. The van der Waals surface area contributed by atoms with E-state index in [1.54, 1.807) is 0 Å². The van der Waals surface area contributed by atoms with E-state index in [0.717, 1.165) is 44.5 Å². The minimum Gasteiger partial charge on any atom is -0.353 e. The van der Waals surface area contributed by atoms with Crippen LogP contribution in [0.5, 0.6) is 0 Å². The first-order valence-electron chi connectivity index (χ1n) is 10.5. The fourth-order valence-corrected chi connectivity index (χ4v) is 3.74. The Labute approximate surface area is 173 Å². The van der Waals surface area contributed by atoms with Gasteiger partial charge in [0.2, 0.25) is 11.8 Å². The third kappa shape index (κ3) is 7.02. The van der Waals surface area contributed by atoms with Crippen LogP contribution in [0, 0.1) is 5.92 Å². The van der Waals surface area contributed by atoms with Gasteiger partial charge in [0.25, 0.3) is 0 Å². The fraction of sp³-hybridized carbons (Fsp3) is 0.417. The van der Waals surface area contributed by atoms with Gasteiger partial charge in [-0.2, -0.15) is 0 Å². The average molecular weight is 394 g/mol. The smallest absolute Gasteiger partial charge is 0.234 e. The Balaban J connectivity index is 1.34. The molecule has 0 aliphatic carbocycles. The van der Waals surface area contributed by atoms with Gasteiger partial charge in [-0.05, 0) is 63.4 Å². The number of carbonyl (C=O) groups is 2. The van der Waals surface area contributed by atoms with Crippen molar-refractivity contribution < 1.29 is 9.59 Å². The lowest BCUT2D eigenvalue weighted by Gasteiger charge is -2.31. The number of benzene rings is 2. The quantitative estimate of drug-likeness (QED) is 0.722. The van der Waals surface area contributed by atoms with Crippen molar-refractivity contribution in [1.82, 2.24) is 10.2 Å². The van der Waals surface area contributed by atoms with E-state index < -0.39 is 0 Å². The van der Waals surface area contributed by atoms with Crippen LogP contribution in [0.1, 0.15) is 31.7 Å². The van der Waals surface area contributed by atoms with Crippen LogP contribution >= 0.6 is 0 Å². The second kappa shape index (κ2) is 10.8.